The summed E-state index contributed by atoms with van der Waals surface area (Å²) in [7, 11) is 2.02. The molecule has 0 unspecified atom stereocenters. The molecule has 1 heteroatoms. The predicted molar refractivity (Wildman–Crippen MR) is 56.4 cm³/mol. The van der Waals surface area contributed by atoms with Crippen LogP contribution in [0.15, 0.2) is 12.2 Å². The van der Waals surface area contributed by atoms with Gasteiger partial charge in [0.2, 0.25) is 0 Å². The highest BCUT2D eigenvalue weighted by atomic mass is 14.9. The van der Waals surface area contributed by atoms with Gasteiger partial charge in [0.25, 0.3) is 0 Å². The van der Waals surface area contributed by atoms with E-state index < -0.39 is 0 Å². The topological polar surface area (TPSA) is 12.0 Å². The van der Waals surface area contributed by atoms with Gasteiger partial charge >= 0.3 is 0 Å². The van der Waals surface area contributed by atoms with Gasteiger partial charge in [0.05, 0.1) is 0 Å². The summed E-state index contributed by atoms with van der Waals surface area (Å²) in [6, 6.07) is 0.518. The zero-order valence-corrected chi connectivity index (χ0v) is 8.98. The maximum absolute atomic E-state index is 4.12. The summed E-state index contributed by atoms with van der Waals surface area (Å²) >= 11 is 0. The van der Waals surface area contributed by atoms with Gasteiger partial charge in [-0.1, -0.05) is 45.8 Å². The molecule has 0 spiro atoms. The fraction of sp³-hybridized carbons (Fsp3) is 0.818. The van der Waals surface area contributed by atoms with E-state index in [9.17, 15) is 0 Å². The number of rotatable bonds is 6. The molecule has 0 aromatic carbocycles. The number of hydrogen-bond donors (Lipinski definition) is 1. The van der Waals surface area contributed by atoms with E-state index in [1.807, 2.05) is 7.05 Å². The highest BCUT2D eigenvalue weighted by Crippen LogP contribution is 2.15. The number of unbranched alkanes of at least 4 members (excludes halogenated alkanes) is 1. The maximum atomic E-state index is 4.12. The molecule has 0 radical (unpaired) electrons. The van der Waals surface area contributed by atoms with E-state index in [4.69, 9.17) is 0 Å². The quantitative estimate of drug-likeness (QED) is 0.603. The first kappa shape index (κ1) is 11.7. The predicted octanol–water partition coefficient (Wildman–Crippen LogP) is 2.98. The van der Waals surface area contributed by atoms with Gasteiger partial charge in [0.15, 0.2) is 0 Å². The normalized spacial score (nSPS) is 13.4. The largest absolute Gasteiger partial charge is 0.313 e. The van der Waals surface area contributed by atoms with Crippen molar-refractivity contribution in [3.05, 3.63) is 12.2 Å². The number of nitrogens with one attached hydrogen (secondary N) is 1. The summed E-state index contributed by atoms with van der Waals surface area (Å²) in [4.78, 5) is 0. The first-order valence-corrected chi connectivity index (χ1v) is 4.99. The van der Waals surface area contributed by atoms with Crippen LogP contribution in [0.25, 0.3) is 0 Å². The van der Waals surface area contributed by atoms with E-state index in [2.05, 4.69) is 32.7 Å². The lowest BCUT2D eigenvalue weighted by Crippen LogP contribution is -2.28. The van der Waals surface area contributed by atoms with Crippen LogP contribution < -0.4 is 5.32 Å². The lowest BCUT2D eigenvalue weighted by molar-refractivity contribution is 0.516. The summed E-state index contributed by atoms with van der Waals surface area (Å²) in [6.45, 7) is 10.8. The van der Waals surface area contributed by atoms with Gasteiger partial charge in [-0.25, -0.2) is 0 Å². The third-order valence-corrected chi connectivity index (χ3v) is 2.38. The van der Waals surface area contributed by atoms with Crippen LogP contribution in [0, 0.1) is 5.92 Å². The van der Waals surface area contributed by atoms with E-state index >= 15 is 0 Å². The molecule has 1 atom stereocenters. The van der Waals surface area contributed by atoms with Gasteiger partial charge in [0.1, 0.15) is 0 Å². The molecule has 0 bridgehead atoms. The van der Waals surface area contributed by atoms with E-state index in [-0.39, 0.29) is 0 Å². The molecule has 0 aromatic rings. The zero-order valence-electron chi connectivity index (χ0n) is 8.98. The molecule has 1 N–H and O–H groups in total. The van der Waals surface area contributed by atoms with Crippen molar-refractivity contribution in [2.75, 3.05) is 7.05 Å². The fourth-order valence-corrected chi connectivity index (χ4v) is 1.33. The monoisotopic (exact) mass is 169 g/mol. The Labute approximate surface area is 77.2 Å². The van der Waals surface area contributed by atoms with Crippen molar-refractivity contribution in [1.82, 2.24) is 5.32 Å². The Kier molecular flexibility index (Phi) is 6.09. The van der Waals surface area contributed by atoms with Crippen molar-refractivity contribution in [3.8, 4) is 0 Å². The molecule has 1 nitrogen and oxygen atoms in total. The molecule has 0 aliphatic rings. The van der Waals surface area contributed by atoms with Gasteiger partial charge in [0, 0.05) is 6.04 Å². The maximum Gasteiger partial charge on any atom is 0.0276 e. The van der Waals surface area contributed by atoms with Crippen LogP contribution in [-0.2, 0) is 0 Å². The third kappa shape index (κ3) is 3.91. The Balaban J connectivity index is 3.88. The third-order valence-electron chi connectivity index (χ3n) is 2.38. The fourth-order valence-electron chi connectivity index (χ4n) is 1.33. The molecule has 0 fully saturated rings. The lowest BCUT2D eigenvalue weighted by Gasteiger charge is -2.21. The van der Waals surface area contributed by atoms with Gasteiger partial charge < -0.3 is 5.32 Å². The van der Waals surface area contributed by atoms with Crippen LogP contribution in [0.5, 0.6) is 0 Å². The highest BCUT2D eigenvalue weighted by molar-refractivity contribution is 5.07. The van der Waals surface area contributed by atoms with Gasteiger partial charge in [-0.05, 0) is 19.4 Å². The smallest absolute Gasteiger partial charge is 0.0276 e. The molecule has 0 aliphatic heterocycles. The molecule has 72 valence electrons. The lowest BCUT2D eigenvalue weighted by atomic mass is 9.94. The summed E-state index contributed by atoms with van der Waals surface area (Å²) in [5.74, 6) is 0.597. The molecular formula is C11H23N. The molecule has 0 heterocycles. The average molecular weight is 169 g/mol. The van der Waals surface area contributed by atoms with Crippen molar-refractivity contribution in [1.29, 1.82) is 0 Å². The summed E-state index contributed by atoms with van der Waals surface area (Å²) in [5, 5.41) is 3.32. The molecular weight excluding hydrogens is 146 g/mol. The Morgan fingerprint density at radius 1 is 1.42 bits per heavy atom. The van der Waals surface area contributed by atoms with E-state index in [1.165, 1.54) is 24.8 Å². The van der Waals surface area contributed by atoms with Crippen LogP contribution in [0.4, 0.5) is 0 Å². The molecule has 12 heavy (non-hydrogen) atoms. The molecule has 0 aromatic heterocycles. The minimum Gasteiger partial charge on any atom is -0.313 e. The van der Waals surface area contributed by atoms with Crippen LogP contribution in [-0.4, -0.2) is 13.1 Å². The van der Waals surface area contributed by atoms with E-state index in [0.29, 0.717) is 12.0 Å². The van der Waals surface area contributed by atoms with Crippen LogP contribution in [0.2, 0.25) is 0 Å². The second kappa shape index (κ2) is 6.24. The zero-order chi connectivity index (χ0) is 9.56. The molecule has 0 amide bonds. The van der Waals surface area contributed by atoms with Gasteiger partial charge in [-0.2, -0.15) is 0 Å². The minimum atomic E-state index is 0.518. The SMILES string of the molecule is C=C(C(C)C)[C@@H](CCCC)NC. The first-order valence-electron chi connectivity index (χ1n) is 4.99. The van der Waals surface area contributed by atoms with Crippen LogP contribution >= 0.6 is 0 Å². The first-order chi connectivity index (χ1) is 5.63. The highest BCUT2D eigenvalue weighted by Gasteiger charge is 2.11. The number of likely N-dealkylation sites (N-methyl/N-ethyl adjacent to an activating group) is 1. The van der Waals surface area contributed by atoms with Crippen LogP contribution in [0.3, 0.4) is 0 Å². The summed E-state index contributed by atoms with van der Waals surface area (Å²) in [6.07, 6.45) is 3.78. The second-order valence-corrected chi connectivity index (χ2v) is 3.71. The second-order valence-electron chi connectivity index (χ2n) is 3.71. The summed E-state index contributed by atoms with van der Waals surface area (Å²) < 4.78 is 0. The molecule has 0 saturated carbocycles. The van der Waals surface area contributed by atoms with E-state index in [0.717, 1.165) is 0 Å². The molecule has 0 saturated heterocycles. The number of hydrogen-bond acceptors (Lipinski definition) is 1. The van der Waals surface area contributed by atoms with Crippen LogP contribution in [0.1, 0.15) is 40.0 Å². The van der Waals surface area contributed by atoms with Crippen molar-refractivity contribution in [2.24, 2.45) is 5.92 Å². The van der Waals surface area contributed by atoms with Crippen molar-refractivity contribution in [3.63, 3.8) is 0 Å². The van der Waals surface area contributed by atoms with Crippen molar-refractivity contribution >= 4 is 0 Å². The average Bonchev–Trinajstić information content (AvgIpc) is 2.05. The standard InChI is InChI=1S/C11H23N/c1-6-7-8-11(12-5)10(4)9(2)3/h9,11-12H,4,6-8H2,1-3,5H3/t11-/m1/s1. The molecule has 0 rings (SSSR count). The van der Waals surface area contributed by atoms with Crippen molar-refractivity contribution < 1.29 is 0 Å². The Hall–Kier alpha value is -0.300. The van der Waals surface area contributed by atoms with Gasteiger partial charge in [-0.3, -0.25) is 0 Å². The Morgan fingerprint density at radius 3 is 2.33 bits per heavy atom. The van der Waals surface area contributed by atoms with E-state index in [1.54, 1.807) is 0 Å². The Morgan fingerprint density at radius 2 is 2.00 bits per heavy atom. The minimum absolute atomic E-state index is 0.518. The van der Waals surface area contributed by atoms with Gasteiger partial charge in [-0.15, -0.1) is 0 Å². The molecule has 0 aliphatic carbocycles. The van der Waals surface area contributed by atoms with Crippen molar-refractivity contribution in [2.45, 2.75) is 46.1 Å². The summed E-state index contributed by atoms with van der Waals surface area (Å²) in [5.41, 5.74) is 1.34. The Bertz CT molecular complexity index is 127.